The molecule has 0 aliphatic heterocycles. The monoisotopic (exact) mass is 364 g/mol. The van der Waals surface area contributed by atoms with Crippen molar-refractivity contribution in [2.75, 3.05) is 0 Å². The highest BCUT2D eigenvalue weighted by atomic mass is 31.1. The van der Waals surface area contributed by atoms with E-state index >= 15 is 0 Å². The van der Waals surface area contributed by atoms with Crippen LogP contribution in [-0.2, 0) is 17.4 Å². The first-order valence-corrected chi connectivity index (χ1v) is 11.2. The molecule has 1 aromatic carbocycles. The first kappa shape index (κ1) is 22.2. The highest BCUT2D eigenvalue weighted by molar-refractivity contribution is 7.17. The second-order valence-corrected chi connectivity index (χ2v) is 7.43. The Bertz CT molecular complexity index is 459. The molecule has 0 fully saturated rings. The zero-order valence-corrected chi connectivity index (χ0v) is 17.3. The lowest BCUT2D eigenvalue weighted by molar-refractivity contribution is 0.518. The van der Waals surface area contributed by atoms with Crippen molar-refractivity contribution in [2.24, 2.45) is 0 Å². The quantitative estimate of drug-likeness (QED) is 0.219. The van der Waals surface area contributed by atoms with E-state index in [2.05, 4.69) is 19.9 Å². The molecule has 0 radical (unpaired) electrons. The van der Waals surface area contributed by atoms with Gasteiger partial charge in [-0.1, -0.05) is 90.2 Å². The summed E-state index contributed by atoms with van der Waals surface area (Å²) in [5.74, 6) is 0.814. The van der Waals surface area contributed by atoms with E-state index in [1.165, 1.54) is 88.2 Å². The third kappa shape index (κ3) is 10.00. The minimum Gasteiger partial charge on any atom is -0.407 e. The molecule has 0 amide bonds. The molecule has 1 rings (SSSR count). The fourth-order valence-electron chi connectivity index (χ4n) is 3.43. The van der Waals surface area contributed by atoms with Crippen LogP contribution < -0.4 is 4.52 Å². The maximum absolute atomic E-state index is 10.9. The van der Waals surface area contributed by atoms with E-state index in [-0.39, 0.29) is 8.69 Å². The van der Waals surface area contributed by atoms with Crippen LogP contribution in [0.3, 0.4) is 0 Å². The zero-order valence-electron chi connectivity index (χ0n) is 16.4. The smallest absolute Gasteiger partial charge is 0.395 e. The van der Waals surface area contributed by atoms with Gasteiger partial charge in [0, 0.05) is 0 Å². The molecule has 0 aromatic heterocycles. The van der Waals surface area contributed by atoms with Gasteiger partial charge in [0.25, 0.3) is 0 Å². The molecule has 0 unspecified atom stereocenters. The number of benzene rings is 1. The van der Waals surface area contributed by atoms with Crippen LogP contribution in [0.15, 0.2) is 18.2 Å². The van der Waals surface area contributed by atoms with Crippen LogP contribution in [-0.4, -0.2) is 0 Å². The standard InChI is InChI=1S/C22H37O2P/c1-3-5-7-9-11-13-16-20-17-15-19-22(24-25-23)21(20)18-14-12-10-8-6-4-2/h15,17,19H,3-14,16,18H2,1-2H3. The van der Waals surface area contributed by atoms with Crippen molar-refractivity contribution in [3.8, 4) is 5.75 Å². The molecule has 25 heavy (non-hydrogen) atoms. The van der Waals surface area contributed by atoms with Crippen LogP contribution in [0.5, 0.6) is 5.75 Å². The number of rotatable bonds is 16. The molecular formula is C22H37O2P. The van der Waals surface area contributed by atoms with Crippen LogP contribution in [0.1, 0.15) is 102 Å². The second-order valence-electron chi connectivity index (χ2n) is 7.10. The highest BCUT2D eigenvalue weighted by Crippen LogP contribution is 2.28. The van der Waals surface area contributed by atoms with Gasteiger partial charge in [0.1, 0.15) is 5.75 Å². The normalized spacial score (nSPS) is 11.1. The van der Waals surface area contributed by atoms with Crippen molar-refractivity contribution in [3.63, 3.8) is 0 Å². The first-order valence-electron chi connectivity index (χ1n) is 10.4. The summed E-state index contributed by atoms with van der Waals surface area (Å²) < 4.78 is 16.3. The van der Waals surface area contributed by atoms with E-state index in [0.717, 1.165) is 18.6 Å². The average Bonchev–Trinajstić information content (AvgIpc) is 2.62. The van der Waals surface area contributed by atoms with Gasteiger partial charge in [-0.15, -0.1) is 0 Å². The molecule has 0 heterocycles. The molecule has 0 aliphatic rings. The first-order chi connectivity index (χ1) is 12.3. The molecule has 2 nitrogen and oxygen atoms in total. The summed E-state index contributed by atoms with van der Waals surface area (Å²) in [4.78, 5) is 0. The van der Waals surface area contributed by atoms with Crippen LogP contribution in [0, 0.1) is 0 Å². The number of unbranched alkanes of at least 4 members (excludes halogenated alkanes) is 10. The molecule has 0 aliphatic carbocycles. The lowest BCUT2D eigenvalue weighted by Crippen LogP contribution is -1.98. The van der Waals surface area contributed by atoms with Crippen LogP contribution >= 0.6 is 8.69 Å². The number of aryl methyl sites for hydroxylation is 1. The maximum Gasteiger partial charge on any atom is 0.395 e. The molecule has 0 atom stereocenters. The fourth-order valence-corrected chi connectivity index (χ4v) is 3.68. The molecule has 142 valence electrons. The number of hydrogen-bond donors (Lipinski definition) is 0. The van der Waals surface area contributed by atoms with Crippen LogP contribution in [0.2, 0.25) is 0 Å². The predicted octanol–water partition coefficient (Wildman–Crippen LogP) is 8.08. The summed E-state index contributed by atoms with van der Waals surface area (Å²) in [6.45, 7) is 4.51. The third-order valence-electron chi connectivity index (χ3n) is 4.95. The molecule has 0 N–H and O–H groups in total. The van der Waals surface area contributed by atoms with E-state index in [0.29, 0.717) is 0 Å². The van der Waals surface area contributed by atoms with Gasteiger partial charge in [-0.05, 0) is 42.9 Å². The third-order valence-corrected chi connectivity index (χ3v) is 5.22. The Morgan fingerprint density at radius 2 is 1.32 bits per heavy atom. The lowest BCUT2D eigenvalue weighted by atomic mass is 9.95. The molecule has 3 heteroatoms. The van der Waals surface area contributed by atoms with Gasteiger partial charge in [0.2, 0.25) is 0 Å². The summed E-state index contributed by atoms with van der Waals surface area (Å²) in [5, 5.41) is 0. The van der Waals surface area contributed by atoms with Crippen molar-refractivity contribution < 1.29 is 9.09 Å². The summed E-state index contributed by atoms with van der Waals surface area (Å²) in [6, 6.07) is 6.23. The van der Waals surface area contributed by atoms with Crippen molar-refractivity contribution in [3.05, 3.63) is 29.3 Å². The van der Waals surface area contributed by atoms with E-state index in [4.69, 9.17) is 4.52 Å². The summed E-state index contributed by atoms with van der Waals surface area (Å²) in [6.07, 6.45) is 17.9. The highest BCUT2D eigenvalue weighted by Gasteiger charge is 2.10. The molecule has 0 saturated carbocycles. The van der Waals surface area contributed by atoms with Gasteiger partial charge >= 0.3 is 8.69 Å². The van der Waals surface area contributed by atoms with Gasteiger partial charge in [-0.3, -0.25) is 0 Å². The Morgan fingerprint density at radius 3 is 1.92 bits per heavy atom. The largest absolute Gasteiger partial charge is 0.407 e. The Labute approximate surface area is 157 Å². The average molecular weight is 365 g/mol. The van der Waals surface area contributed by atoms with Crippen LogP contribution in [0.4, 0.5) is 0 Å². The summed E-state index contributed by atoms with van der Waals surface area (Å²) in [5.41, 5.74) is 2.68. The summed E-state index contributed by atoms with van der Waals surface area (Å²) >= 11 is 0. The minimum absolute atomic E-state index is 0.250. The van der Waals surface area contributed by atoms with E-state index in [1.54, 1.807) is 0 Å². The Balaban J connectivity index is 2.51. The van der Waals surface area contributed by atoms with E-state index in [1.807, 2.05) is 12.1 Å². The van der Waals surface area contributed by atoms with Crippen LogP contribution in [0.25, 0.3) is 0 Å². The van der Waals surface area contributed by atoms with Gasteiger partial charge in [-0.2, -0.15) is 0 Å². The van der Waals surface area contributed by atoms with E-state index < -0.39 is 0 Å². The SMILES string of the molecule is CCCCCCCCc1cccc(OP=O)c1CCCCCCCC. The summed E-state index contributed by atoms with van der Waals surface area (Å²) in [7, 11) is -0.250. The predicted molar refractivity (Wildman–Crippen MR) is 109 cm³/mol. The van der Waals surface area contributed by atoms with E-state index in [9.17, 15) is 4.57 Å². The zero-order chi connectivity index (χ0) is 18.2. The minimum atomic E-state index is -0.250. The molecule has 0 spiro atoms. The van der Waals surface area contributed by atoms with Gasteiger partial charge < -0.3 is 4.52 Å². The Hall–Kier alpha value is -0.880. The Morgan fingerprint density at radius 1 is 0.760 bits per heavy atom. The fraction of sp³-hybridized carbons (Fsp3) is 0.727. The molecular weight excluding hydrogens is 327 g/mol. The topological polar surface area (TPSA) is 26.3 Å². The van der Waals surface area contributed by atoms with Crippen molar-refractivity contribution in [1.82, 2.24) is 0 Å². The van der Waals surface area contributed by atoms with Gasteiger partial charge in [-0.25, -0.2) is 4.57 Å². The second kappa shape index (κ2) is 15.4. The molecule has 0 bridgehead atoms. The van der Waals surface area contributed by atoms with Crippen molar-refractivity contribution in [1.29, 1.82) is 0 Å². The van der Waals surface area contributed by atoms with Crippen molar-refractivity contribution in [2.45, 2.75) is 104 Å². The molecule has 0 saturated heterocycles. The number of hydrogen-bond acceptors (Lipinski definition) is 2. The Kier molecular flexibility index (Phi) is 13.6. The molecule has 1 aromatic rings. The van der Waals surface area contributed by atoms with Crippen molar-refractivity contribution >= 4 is 8.69 Å². The van der Waals surface area contributed by atoms with Gasteiger partial charge in [0.15, 0.2) is 0 Å². The van der Waals surface area contributed by atoms with Gasteiger partial charge in [0.05, 0.1) is 0 Å². The maximum atomic E-state index is 10.9. The lowest BCUT2D eigenvalue weighted by Gasteiger charge is -2.13.